The molecule has 1 aromatic carbocycles. The van der Waals surface area contributed by atoms with E-state index in [1.165, 1.54) is 0 Å². The summed E-state index contributed by atoms with van der Waals surface area (Å²) in [6.45, 7) is 8.33. The maximum atomic E-state index is 5.56. The normalized spacial score (nSPS) is 10.0. The van der Waals surface area contributed by atoms with E-state index in [-0.39, 0.29) is 0 Å². The Labute approximate surface area is 99.5 Å². The summed E-state index contributed by atoms with van der Waals surface area (Å²) in [5, 5.41) is 3.21. The van der Waals surface area contributed by atoms with Crippen molar-refractivity contribution in [1.29, 1.82) is 0 Å². The third-order valence-corrected chi connectivity index (χ3v) is 2.41. The SMILES string of the molecule is C=C(CNCC)COc1ccc(Br)cc1. The molecule has 0 unspecified atom stereocenters. The number of ether oxygens (including phenoxy) is 1. The lowest BCUT2D eigenvalue weighted by atomic mass is 10.3. The number of hydrogen-bond acceptors (Lipinski definition) is 2. The van der Waals surface area contributed by atoms with Crippen LogP contribution in [-0.4, -0.2) is 19.7 Å². The van der Waals surface area contributed by atoms with Crippen LogP contribution in [0.4, 0.5) is 0 Å². The Morgan fingerprint density at radius 1 is 1.40 bits per heavy atom. The van der Waals surface area contributed by atoms with E-state index in [4.69, 9.17) is 4.74 Å². The van der Waals surface area contributed by atoms with Crippen LogP contribution in [0.2, 0.25) is 0 Å². The van der Waals surface area contributed by atoms with E-state index in [9.17, 15) is 0 Å². The molecule has 0 aliphatic carbocycles. The first-order chi connectivity index (χ1) is 7.22. The zero-order valence-corrected chi connectivity index (χ0v) is 10.5. The number of nitrogens with one attached hydrogen (secondary N) is 1. The van der Waals surface area contributed by atoms with Gasteiger partial charge >= 0.3 is 0 Å². The van der Waals surface area contributed by atoms with Crippen LogP contribution in [0.5, 0.6) is 5.75 Å². The standard InChI is InChI=1S/C12H16BrNO/c1-3-14-8-10(2)9-15-12-6-4-11(13)5-7-12/h4-7,14H,2-3,8-9H2,1H3. The Kier molecular flexibility index (Phi) is 5.43. The van der Waals surface area contributed by atoms with Crippen molar-refractivity contribution in [2.45, 2.75) is 6.92 Å². The molecule has 1 rings (SSSR count). The van der Waals surface area contributed by atoms with Gasteiger partial charge in [0, 0.05) is 11.0 Å². The predicted octanol–water partition coefficient (Wildman–Crippen LogP) is 2.99. The van der Waals surface area contributed by atoms with E-state index in [1.54, 1.807) is 0 Å². The van der Waals surface area contributed by atoms with Crippen LogP contribution in [0.3, 0.4) is 0 Å². The fraction of sp³-hybridized carbons (Fsp3) is 0.333. The highest BCUT2D eigenvalue weighted by atomic mass is 79.9. The first-order valence-electron chi connectivity index (χ1n) is 4.98. The van der Waals surface area contributed by atoms with Crippen molar-refractivity contribution in [3.63, 3.8) is 0 Å². The van der Waals surface area contributed by atoms with Gasteiger partial charge in [-0.1, -0.05) is 29.4 Å². The number of likely N-dealkylation sites (N-methyl/N-ethyl adjacent to an activating group) is 1. The van der Waals surface area contributed by atoms with Crippen LogP contribution in [0.1, 0.15) is 6.92 Å². The Morgan fingerprint density at radius 3 is 2.67 bits per heavy atom. The first-order valence-corrected chi connectivity index (χ1v) is 5.77. The van der Waals surface area contributed by atoms with E-state index in [0.29, 0.717) is 6.61 Å². The Hall–Kier alpha value is -0.800. The number of hydrogen-bond donors (Lipinski definition) is 1. The topological polar surface area (TPSA) is 21.3 Å². The molecule has 0 saturated carbocycles. The highest BCUT2D eigenvalue weighted by molar-refractivity contribution is 9.10. The van der Waals surface area contributed by atoms with E-state index in [0.717, 1.165) is 28.9 Å². The lowest BCUT2D eigenvalue weighted by molar-refractivity contribution is 0.348. The van der Waals surface area contributed by atoms with Crippen molar-refractivity contribution < 1.29 is 4.74 Å². The summed E-state index contributed by atoms with van der Waals surface area (Å²) < 4.78 is 6.62. The predicted molar refractivity (Wildman–Crippen MR) is 67.3 cm³/mol. The van der Waals surface area contributed by atoms with Crippen LogP contribution in [0, 0.1) is 0 Å². The maximum absolute atomic E-state index is 5.56. The van der Waals surface area contributed by atoms with Crippen molar-refractivity contribution in [2.75, 3.05) is 19.7 Å². The molecule has 0 aromatic heterocycles. The first kappa shape index (κ1) is 12.3. The molecule has 0 spiro atoms. The Bertz CT molecular complexity index is 308. The molecule has 0 heterocycles. The number of halogens is 1. The van der Waals surface area contributed by atoms with Gasteiger partial charge in [0.05, 0.1) is 0 Å². The molecule has 0 radical (unpaired) electrons. The van der Waals surface area contributed by atoms with Crippen molar-refractivity contribution >= 4 is 15.9 Å². The quantitative estimate of drug-likeness (QED) is 0.802. The summed E-state index contributed by atoms with van der Waals surface area (Å²) in [6.07, 6.45) is 0. The molecule has 1 N–H and O–H groups in total. The maximum Gasteiger partial charge on any atom is 0.119 e. The molecule has 0 aliphatic heterocycles. The molecule has 1 aromatic rings. The zero-order valence-electron chi connectivity index (χ0n) is 8.92. The van der Waals surface area contributed by atoms with Gasteiger partial charge in [0.15, 0.2) is 0 Å². The molecular formula is C12H16BrNO. The molecule has 0 bridgehead atoms. The minimum atomic E-state index is 0.564. The van der Waals surface area contributed by atoms with E-state index in [1.807, 2.05) is 24.3 Å². The smallest absolute Gasteiger partial charge is 0.119 e. The van der Waals surface area contributed by atoms with Crippen LogP contribution in [0.25, 0.3) is 0 Å². The van der Waals surface area contributed by atoms with Crippen LogP contribution < -0.4 is 10.1 Å². The van der Waals surface area contributed by atoms with Gasteiger partial charge in [0.2, 0.25) is 0 Å². The Balaban J connectivity index is 2.30. The fourth-order valence-electron chi connectivity index (χ4n) is 1.07. The van der Waals surface area contributed by atoms with E-state index < -0.39 is 0 Å². The molecule has 0 aliphatic rings. The van der Waals surface area contributed by atoms with Crippen molar-refractivity contribution in [1.82, 2.24) is 5.32 Å². The van der Waals surface area contributed by atoms with Gasteiger partial charge in [-0.2, -0.15) is 0 Å². The number of benzene rings is 1. The Morgan fingerprint density at radius 2 is 2.07 bits per heavy atom. The second-order valence-electron chi connectivity index (χ2n) is 3.27. The van der Waals surface area contributed by atoms with Gasteiger partial charge in [-0.3, -0.25) is 0 Å². The summed E-state index contributed by atoms with van der Waals surface area (Å²) in [5.74, 6) is 0.871. The summed E-state index contributed by atoms with van der Waals surface area (Å²) in [4.78, 5) is 0. The highest BCUT2D eigenvalue weighted by Crippen LogP contribution is 2.16. The molecule has 15 heavy (non-hydrogen) atoms. The van der Waals surface area contributed by atoms with E-state index >= 15 is 0 Å². The average Bonchev–Trinajstić information content (AvgIpc) is 2.25. The second kappa shape index (κ2) is 6.64. The van der Waals surface area contributed by atoms with Gasteiger partial charge in [-0.25, -0.2) is 0 Å². The van der Waals surface area contributed by atoms with Crippen molar-refractivity contribution in [3.05, 3.63) is 40.9 Å². The summed E-state index contributed by atoms with van der Waals surface area (Å²) in [7, 11) is 0. The van der Waals surface area contributed by atoms with Crippen molar-refractivity contribution in [2.24, 2.45) is 0 Å². The minimum absolute atomic E-state index is 0.564. The van der Waals surface area contributed by atoms with Gasteiger partial charge in [0.1, 0.15) is 12.4 Å². The zero-order chi connectivity index (χ0) is 11.1. The average molecular weight is 270 g/mol. The van der Waals surface area contributed by atoms with Gasteiger partial charge in [-0.15, -0.1) is 0 Å². The highest BCUT2D eigenvalue weighted by Gasteiger charge is 1.96. The second-order valence-corrected chi connectivity index (χ2v) is 4.19. The minimum Gasteiger partial charge on any atom is -0.489 e. The largest absolute Gasteiger partial charge is 0.489 e. The third kappa shape index (κ3) is 5.00. The van der Waals surface area contributed by atoms with Crippen LogP contribution in [0.15, 0.2) is 40.9 Å². The molecule has 0 atom stereocenters. The molecule has 3 heteroatoms. The fourth-order valence-corrected chi connectivity index (χ4v) is 1.33. The molecular weight excluding hydrogens is 254 g/mol. The summed E-state index contributed by atoms with van der Waals surface area (Å²) in [5.41, 5.74) is 1.06. The van der Waals surface area contributed by atoms with Crippen molar-refractivity contribution in [3.8, 4) is 5.75 Å². The molecule has 82 valence electrons. The lowest BCUT2D eigenvalue weighted by Crippen LogP contribution is -2.18. The number of rotatable bonds is 6. The molecule has 2 nitrogen and oxygen atoms in total. The third-order valence-electron chi connectivity index (χ3n) is 1.88. The van der Waals surface area contributed by atoms with Crippen LogP contribution >= 0.6 is 15.9 Å². The summed E-state index contributed by atoms with van der Waals surface area (Å²) >= 11 is 3.38. The lowest BCUT2D eigenvalue weighted by Gasteiger charge is -2.08. The van der Waals surface area contributed by atoms with Gasteiger partial charge in [-0.05, 0) is 36.4 Å². The molecule has 0 amide bonds. The summed E-state index contributed by atoms with van der Waals surface area (Å²) in [6, 6.07) is 7.79. The van der Waals surface area contributed by atoms with Gasteiger partial charge < -0.3 is 10.1 Å². The van der Waals surface area contributed by atoms with E-state index in [2.05, 4.69) is 34.7 Å². The van der Waals surface area contributed by atoms with Crippen LogP contribution in [-0.2, 0) is 0 Å². The molecule has 0 fully saturated rings. The monoisotopic (exact) mass is 269 g/mol. The molecule has 0 saturated heterocycles. The van der Waals surface area contributed by atoms with Gasteiger partial charge in [0.25, 0.3) is 0 Å².